The highest BCUT2D eigenvalue weighted by Crippen LogP contribution is 2.29. The Kier molecular flexibility index (Phi) is 2.78. The first-order chi connectivity index (χ1) is 3.93. The van der Waals surface area contributed by atoms with Crippen molar-refractivity contribution in [1.82, 2.24) is 5.73 Å². The summed E-state index contributed by atoms with van der Waals surface area (Å²) < 4.78 is 0. The molecule has 1 aliphatic heterocycles. The van der Waals surface area contributed by atoms with Crippen molar-refractivity contribution in [3.05, 3.63) is 0 Å². The van der Waals surface area contributed by atoms with Crippen molar-refractivity contribution in [2.45, 2.75) is 24.9 Å². The fraction of sp³-hybridized carbons (Fsp3) is 1.00. The average molecular weight is 129 g/mol. The predicted molar refractivity (Wildman–Crippen MR) is 37.8 cm³/mol. The van der Waals surface area contributed by atoms with Crippen LogP contribution in [0.4, 0.5) is 0 Å². The van der Waals surface area contributed by atoms with Crippen molar-refractivity contribution in [3.63, 3.8) is 0 Å². The fourth-order valence-electron chi connectivity index (χ4n) is 1.08. The Morgan fingerprint density at radius 2 is 2.38 bits per heavy atom. The first-order valence-electron chi connectivity index (χ1n) is 3.27. The van der Waals surface area contributed by atoms with Gasteiger partial charge >= 0.3 is 0 Å². The molecule has 1 nitrogen and oxygen atoms in total. The Morgan fingerprint density at radius 1 is 1.50 bits per heavy atom. The van der Waals surface area contributed by atoms with Gasteiger partial charge in [-0.2, -0.15) is 0 Å². The average Bonchev–Trinajstić information content (AvgIpc) is 1.90. The van der Waals surface area contributed by atoms with E-state index in [2.05, 4.69) is 0 Å². The molecule has 2 atom stereocenters. The van der Waals surface area contributed by atoms with E-state index >= 15 is 0 Å². The van der Waals surface area contributed by atoms with Gasteiger partial charge in [0.15, 0.2) is 0 Å². The Morgan fingerprint density at radius 3 is 2.75 bits per heavy atom. The summed E-state index contributed by atoms with van der Waals surface area (Å²) in [5, 5.41) is 0. The molecule has 0 bridgehead atoms. The lowest BCUT2D eigenvalue weighted by molar-refractivity contribution is 0.656. The van der Waals surface area contributed by atoms with Gasteiger partial charge in [-0.15, -0.1) is 14.3 Å². The Hall–Kier alpha value is 0.390. The monoisotopic (exact) mass is 129 g/mol. The minimum absolute atomic E-state index is 0.429. The van der Waals surface area contributed by atoms with Gasteiger partial charge in [0.05, 0.1) is 0 Å². The zero-order valence-corrected chi connectivity index (χ0v) is 6.06. The molecule has 0 N–H and O–H groups in total. The van der Waals surface area contributed by atoms with Crippen LogP contribution in [0.5, 0.6) is 0 Å². The van der Waals surface area contributed by atoms with Crippen molar-refractivity contribution < 1.29 is 0 Å². The maximum atomic E-state index is 8.70. The second-order valence-electron chi connectivity index (χ2n) is 2.33. The third-order valence-electron chi connectivity index (χ3n) is 1.63. The third kappa shape index (κ3) is 1.72. The molecule has 0 aliphatic carbocycles. The van der Waals surface area contributed by atoms with Crippen LogP contribution in [0.15, 0.2) is 0 Å². The smallest absolute Gasteiger partial charge is 0.0386 e. The van der Waals surface area contributed by atoms with Crippen LogP contribution in [0, 0.1) is 0 Å². The predicted octanol–water partition coefficient (Wildman–Crippen LogP) is 1.29. The minimum Gasteiger partial charge on any atom is -0.144 e. The van der Waals surface area contributed by atoms with E-state index in [4.69, 9.17) is 5.73 Å². The molecule has 46 valence electrons. The van der Waals surface area contributed by atoms with Gasteiger partial charge in [-0.1, -0.05) is 6.42 Å². The van der Waals surface area contributed by atoms with Crippen LogP contribution in [-0.4, -0.2) is 18.4 Å². The molecule has 1 saturated heterocycles. The summed E-state index contributed by atoms with van der Waals surface area (Å²) in [6, 6.07) is 0. The number of nitrogens with zero attached hydrogens (tertiary/aromatic N) is 1. The number of rotatable bonds is 1. The molecule has 1 rings (SSSR count). The molecular weight excluding hydrogens is 117 g/mol. The molecule has 8 heavy (non-hydrogen) atoms. The van der Waals surface area contributed by atoms with Crippen LogP contribution in [0.25, 0.3) is 0 Å². The van der Waals surface area contributed by atoms with Crippen LogP contribution in [0.2, 0.25) is 0 Å². The molecule has 0 amide bonds. The lowest BCUT2D eigenvalue weighted by atomic mass is 10.2. The summed E-state index contributed by atoms with van der Waals surface area (Å²) in [5.74, 6) is 0. The molecule has 2 heteroatoms. The normalized spacial score (nSPS) is 33.4. The quantitative estimate of drug-likeness (QED) is 0.476. The minimum atomic E-state index is 0.429. The van der Waals surface area contributed by atoms with E-state index < -0.39 is 0 Å². The molecule has 0 spiro atoms. The van der Waals surface area contributed by atoms with E-state index in [0.717, 1.165) is 8.58 Å². The molecular formula is C6H12NP. The molecule has 0 aromatic heterocycles. The molecule has 0 aromatic carbocycles. The SMILES string of the molecule is [N]CC1CCCCP1. The van der Waals surface area contributed by atoms with Crippen molar-refractivity contribution in [3.8, 4) is 0 Å². The van der Waals surface area contributed by atoms with Gasteiger partial charge in [0.25, 0.3) is 0 Å². The summed E-state index contributed by atoms with van der Waals surface area (Å²) in [4.78, 5) is 0. The summed E-state index contributed by atoms with van der Waals surface area (Å²) >= 11 is 0. The standard InChI is InChI=1S/C6H12NP/c7-5-6-3-1-2-4-8-6/h6,8H,1-5H2. The molecule has 0 saturated carbocycles. The lowest BCUT2D eigenvalue weighted by Gasteiger charge is -2.18. The molecule has 0 aromatic rings. The van der Waals surface area contributed by atoms with E-state index in [1.54, 1.807) is 0 Å². The highest BCUT2D eigenvalue weighted by Gasteiger charge is 2.10. The Bertz CT molecular complexity index is 59.5. The molecule has 2 radical (unpaired) electrons. The van der Waals surface area contributed by atoms with E-state index in [1.807, 2.05) is 0 Å². The number of hydrogen-bond donors (Lipinski definition) is 0. The number of hydrogen-bond acceptors (Lipinski definition) is 0. The second kappa shape index (κ2) is 3.42. The van der Waals surface area contributed by atoms with Crippen LogP contribution in [0.1, 0.15) is 19.3 Å². The highest BCUT2D eigenvalue weighted by atomic mass is 31.1. The molecule has 1 aliphatic rings. The fourth-order valence-corrected chi connectivity index (χ4v) is 2.48. The van der Waals surface area contributed by atoms with Crippen molar-refractivity contribution >= 4 is 8.58 Å². The Labute approximate surface area is 52.8 Å². The molecule has 1 fully saturated rings. The van der Waals surface area contributed by atoms with Gasteiger partial charge in [0.2, 0.25) is 0 Å². The van der Waals surface area contributed by atoms with Gasteiger partial charge in [0.1, 0.15) is 0 Å². The third-order valence-corrected chi connectivity index (χ3v) is 3.32. The van der Waals surface area contributed by atoms with E-state index in [9.17, 15) is 0 Å². The van der Waals surface area contributed by atoms with Gasteiger partial charge in [-0.25, -0.2) is 0 Å². The Balaban J connectivity index is 2.13. The molecule has 2 unspecified atom stereocenters. The van der Waals surface area contributed by atoms with Crippen LogP contribution in [-0.2, 0) is 0 Å². The summed E-state index contributed by atoms with van der Waals surface area (Å²) in [6.07, 6.45) is 5.38. The maximum absolute atomic E-state index is 8.70. The van der Waals surface area contributed by atoms with E-state index in [0.29, 0.717) is 12.2 Å². The molecule has 1 heterocycles. The summed E-state index contributed by atoms with van der Waals surface area (Å²) in [6.45, 7) is 0.429. The lowest BCUT2D eigenvalue weighted by Crippen LogP contribution is -2.12. The summed E-state index contributed by atoms with van der Waals surface area (Å²) in [5.41, 5.74) is 9.37. The maximum Gasteiger partial charge on any atom is 0.0386 e. The first-order valence-corrected chi connectivity index (χ1v) is 4.56. The largest absolute Gasteiger partial charge is 0.144 e. The summed E-state index contributed by atoms with van der Waals surface area (Å²) in [7, 11) is 1.04. The van der Waals surface area contributed by atoms with Gasteiger partial charge in [-0.3, -0.25) is 0 Å². The van der Waals surface area contributed by atoms with Gasteiger partial charge < -0.3 is 0 Å². The van der Waals surface area contributed by atoms with Crippen LogP contribution >= 0.6 is 8.58 Å². The van der Waals surface area contributed by atoms with Crippen molar-refractivity contribution in [1.29, 1.82) is 0 Å². The van der Waals surface area contributed by atoms with Crippen LogP contribution in [0.3, 0.4) is 0 Å². The van der Waals surface area contributed by atoms with Crippen LogP contribution < -0.4 is 5.73 Å². The first kappa shape index (κ1) is 6.51. The second-order valence-corrected chi connectivity index (χ2v) is 4.05. The topological polar surface area (TPSA) is 22.3 Å². The van der Waals surface area contributed by atoms with Crippen molar-refractivity contribution in [2.24, 2.45) is 0 Å². The van der Waals surface area contributed by atoms with E-state index in [-0.39, 0.29) is 0 Å². The van der Waals surface area contributed by atoms with E-state index in [1.165, 1.54) is 25.4 Å². The zero-order chi connectivity index (χ0) is 5.82. The zero-order valence-electron chi connectivity index (χ0n) is 5.06. The van der Waals surface area contributed by atoms with Gasteiger partial charge in [-0.05, 0) is 24.7 Å². The van der Waals surface area contributed by atoms with Gasteiger partial charge in [0, 0.05) is 6.54 Å². The van der Waals surface area contributed by atoms with Crippen molar-refractivity contribution in [2.75, 3.05) is 12.7 Å². The highest BCUT2D eigenvalue weighted by molar-refractivity contribution is 7.39.